The third kappa shape index (κ3) is 5.57. The van der Waals surface area contributed by atoms with Crippen LogP contribution >= 0.6 is 0 Å². The molecule has 1 aromatic heterocycles. The molecule has 5 heteroatoms. The van der Waals surface area contributed by atoms with Gasteiger partial charge in [0.25, 0.3) is 0 Å². The Hall–Kier alpha value is -6.20. The van der Waals surface area contributed by atoms with E-state index in [-0.39, 0.29) is 12.0 Å². The summed E-state index contributed by atoms with van der Waals surface area (Å²) in [5, 5.41) is 7.82. The van der Waals surface area contributed by atoms with Gasteiger partial charge in [0.1, 0.15) is 11.2 Å². The third-order valence-corrected chi connectivity index (χ3v) is 9.59. The number of hydrogen-bond donors (Lipinski definition) is 1. The van der Waals surface area contributed by atoms with E-state index in [0.29, 0.717) is 12.3 Å². The molecule has 0 bridgehead atoms. The lowest BCUT2D eigenvalue weighted by molar-refractivity contribution is 0.668. The second kappa shape index (κ2) is 13.0. The van der Waals surface area contributed by atoms with Gasteiger partial charge in [0.15, 0.2) is 5.84 Å². The molecule has 2 unspecified atom stereocenters. The monoisotopic (exact) mass is 650 g/mol. The van der Waals surface area contributed by atoms with E-state index in [9.17, 15) is 0 Å². The molecule has 0 amide bonds. The summed E-state index contributed by atoms with van der Waals surface area (Å²) in [5.74, 6) is 0.835. The van der Waals surface area contributed by atoms with Crippen molar-refractivity contribution in [3.63, 3.8) is 0 Å². The number of fused-ring (bicyclic) bond motifs is 4. The maximum Gasteiger partial charge on any atom is 0.161 e. The number of aliphatic imine (C=N–C) groups is 2. The number of benzene rings is 5. The molecule has 0 radical (unpaired) electrons. The lowest BCUT2D eigenvalue weighted by Crippen LogP contribution is -2.29. The van der Waals surface area contributed by atoms with Crippen molar-refractivity contribution in [3.8, 4) is 0 Å². The fraction of sp³-hybridized carbons (Fsp3) is 0.111. The molecule has 0 saturated carbocycles. The van der Waals surface area contributed by atoms with Crippen molar-refractivity contribution in [1.82, 2.24) is 0 Å². The first kappa shape index (κ1) is 31.1. The molecule has 244 valence electrons. The van der Waals surface area contributed by atoms with E-state index in [0.717, 1.165) is 72.5 Å². The quantitative estimate of drug-likeness (QED) is 0.202. The molecule has 50 heavy (non-hydrogen) atoms. The summed E-state index contributed by atoms with van der Waals surface area (Å²) < 4.78 is 6.60. The summed E-state index contributed by atoms with van der Waals surface area (Å²) in [6.07, 6.45) is 11.3. The minimum Gasteiger partial charge on any atom is -0.455 e. The number of rotatable bonds is 5. The minimum atomic E-state index is -0.310. The molecular weight excluding hydrogens is 613 g/mol. The highest BCUT2D eigenvalue weighted by atomic mass is 16.3. The van der Waals surface area contributed by atoms with Crippen LogP contribution in [0.5, 0.6) is 0 Å². The molecule has 3 heterocycles. The predicted octanol–water partition coefficient (Wildman–Crippen LogP) is 11.0. The van der Waals surface area contributed by atoms with Gasteiger partial charge < -0.3 is 14.6 Å². The average molecular weight is 651 g/mol. The Morgan fingerprint density at radius 1 is 0.800 bits per heavy atom. The van der Waals surface area contributed by atoms with Gasteiger partial charge in [0.05, 0.1) is 17.3 Å². The zero-order chi connectivity index (χ0) is 34.2. The van der Waals surface area contributed by atoms with Crippen molar-refractivity contribution >= 4 is 55.6 Å². The average Bonchev–Trinajstić information content (AvgIpc) is 3.54. The fourth-order valence-electron chi connectivity index (χ4n) is 7.08. The molecular formula is C45H38N4O. The van der Waals surface area contributed by atoms with Crippen molar-refractivity contribution in [3.05, 3.63) is 181 Å². The smallest absolute Gasteiger partial charge is 0.161 e. The van der Waals surface area contributed by atoms with Crippen molar-refractivity contribution in [1.29, 1.82) is 0 Å². The highest BCUT2D eigenvalue weighted by molar-refractivity contribution is 6.24. The number of amidine groups is 1. The van der Waals surface area contributed by atoms with Gasteiger partial charge in [-0.15, -0.1) is 0 Å². The molecule has 5 nitrogen and oxygen atoms in total. The largest absolute Gasteiger partial charge is 0.455 e. The van der Waals surface area contributed by atoms with E-state index in [1.807, 2.05) is 43.4 Å². The fourth-order valence-corrected chi connectivity index (χ4v) is 7.08. The van der Waals surface area contributed by atoms with Crippen LogP contribution in [0, 0.1) is 5.92 Å². The summed E-state index contributed by atoms with van der Waals surface area (Å²) in [6, 6.07) is 37.3. The zero-order valence-electron chi connectivity index (χ0n) is 28.3. The van der Waals surface area contributed by atoms with Crippen molar-refractivity contribution in [2.75, 3.05) is 17.3 Å². The Kier molecular flexibility index (Phi) is 8.09. The summed E-state index contributed by atoms with van der Waals surface area (Å²) >= 11 is 0. The Balaban J connectivity index is 1.37. The predicted molar refractivity (Wildman–Crippen MR) is 211 cm³/mol. The van der Waals surface area contributed by atoms with Crippen LogP contribution in [0.4, 0.5) is 11.4 Å². The first-order valence-corrected chi connectivity index (χ1v) is 17.1. The number of furan rings is 1. The minimum absolute atomic E-state index is 0.218. The molecule has 6 aromatic rings. The highest BCUT2D eigenvalue weighted by Crippen LogP contribution is 2.38. The summed E-state index contributed by atoms with van der Waals surface area (Å²) in [6.45, 7) is 11.4. The molecule has 0 saturated heterocycles. The molecule has 5 aromatic carbocycles. The van der Waals surface area contributed by atoms with E-state index in [2.05, 4.69) is 127 Å². The molecule has 0 spiro atoms. The van der Waals surface area contributed by atoms with Gasteiger partial charge in [0, 0.05) is 58.1 Å². The van der Waals surface area contributed by atoms with Crippen LogP contribution in [0.1, 0.15) is 24.5 Å². The SMILES string of the molecule is C=C1/C=C\C(C)/C=C\C=C(\C2CC(c3cccc4ccccc34)=NC(c3c(NC)ccc4c3oc3ccccc34)=N2)C(=C)N1c1ccccc1. The zero-order valence-corrected chi connectivity index (χ0v) is 28.3. The van der Waals surface area contributed by atoms with Crippen molar-refractivity contribution < 1.29 is 4.42 Å². The Labute approximate surface area is 292 Å². The van der Waals surface area contributed by atoms with E-state index in [1.165, 1.54) is 5.39 Å². The summed E-state index contributed by atoms with van der Waals surface area (Å²) in [7, 11) is 1.93. The molecule has 2 aliphatic rings. The Morgan fingerprint density at radius 3 is 2.40 bits per heavy atom. The summed E-state index contributed by atoms with van der Waals surface area (Å²) in [5.41, 5.74) is 9.00. The molecule has 2 atom stereocenters. The van der Waals surface area contributed by atoms with E-state index >= 15 is 0 Å². The molecule has 2 aliphatic heterocycles. The van der Waals surface area contributed by atoms with Gasteiger partial charge >= 0.3 is 0 Å². The maximum absolute atomic E-state index is 6.60. The van der Waals surface area contributed by atoms with Gasteiger partial charge in [0.2, 0.25) is 0 Å². The Bertz CT molecular complexity index is 2450. The van der Waals surface area contributed by atoms with Crippen molar-refractivity contribution in [2.45, 2.75) is 19.4 Å². The topological polar surface area (TPSA) is 53.1 Å². The first-order valence-electron chi connectivity index (χ1n) is 17.1. The van der Waals surface area contributed by atoms with Crippen LogP contribution in [0.3, 0.4) is 0 Å². The van der Waals surface area contributed by atoms with E-state index in [1.54, 1.807) is 0 Å². The van der Waals surface area contributed by atoms with Gasteiger partial charge in [-0.25, -0.2) is 4.99 Å². The van der Waals surface area contributed by atoms with Crippen LogP contribution in [0.15, 0.2) is 184 Å². The van der Waals surface area contributed by atoms with E-state index < -0.39 is 0 Å². The number of nitrogens with one attached hydrogen (secondary N) is 1. The highest BCUT2D eigenvalue weighted by Gasteiger charge is 2.30. The lowest BCUT2D eigenvalue weighted by atomic mass is 9.90. The van der Waals surface area contributed by atoms with Crippen molar-refractivity contribution in [2.24, 2.45) is 15.9 Å². The van der Waals surface area contributed by atoms with Gasteiger partial charge in [-0.3, -0.25) is 4.99 Å². The molecule has 0 aliphatic carbocycles. The molecule has 0 fully saturated rings. The maximum atomic E-state index is 6.60. The van der Waals surface area contributed by atoms with Crippen LogP contribution < -0.4 is 10.2 Å². The number of nitrogens with zero attached hydrogens (tertiary/aromatic N) is 3. The van der Waals surface area contributed by atoms with Gasteiger partial charge in [-0.1, -0.05) is 123 Å². The summed E-state index contributed by atoms with van der Waals surface area (Å²) in [4.78, 5) is 13.0. The third-order valence-electron chi connectivity index (χ3n) is 9.59. The number of hydrogen-bond acceptors (Lipinski definition) is 5. The van der Waals surface area contributed by atoms with Gasteiger partial charge in [-0.05, 0) is 53.1 Å². The lowest BCUT2D eigenvalue weighted by Gasteiger charge is -2.32. The second-order valence-corrected chi connectivity index (χ2v) is 12.8. The van der Waals surface area contributed by atoms with Crippen LogP contribution in [-0.2, 0) is 0 Å². The van der Waals surface area contributed by atoms with Gasteiger partial charge in [-0.2, -0.15) is 0 Å². The molecule has 1 N–H and O–H groups in total. The Morgan fingerprint density at radius 2 is 1.56 bits per heavy atom. The second-order valence-electron chi connectivity index (χ2n) is 12.8. The standard InChI is InChI=1S/C45H38N4O/c1-29-14-12-21-34(31(3)49(30(2)25-24-29)33-17-6-5-7-18-33)40-28-41(36-22-13-16-32-15-8-9-19-35(32)36)48-45(47-40)43-39(46-4)27-26-38-37-20-10-11-23-42(37)50-44(38)43/h5-27,29,40,46H,2-3,28H2,1,4H3/b14-12-,25-24-,34-21+. The number of anilines is 2. The molecule has 8 rings (SSSR count). The number of allylic oxidation sites excluding steroid dienone is 5. The van der Waals surface area contributed by atoms with Crippen LogP contribution in [-0.4, -0.2) is 24.6 Å². The van der Waals surface area contributed by atoms with Crippen LogP contribution in [0.2, 0.25) is 0 Å². The number of para-hydroxylation sites is 2. The first-order chi connectivity index (χ1) is 24.5. The normalized spacial score (nSPS) is 20.7. The van der Waals surface area contributed by atoms with E-state index in [4.69, 9.17) is 21.0 Å². The van der Waals surface area contributed by atoms with Crippen LogP contribution in [0.25, 0.3) is 32.7 Å².